The monoisotopic (exact) mass is 988 g/mol. The molecule has 6 aromatic carbocycles. The first-order valence-corrected chi connectivity index (χ1v) is 23.4. The number of pyridine rings is 2. The van der Waals surface area contributed by atoms with E-state index in [1.807, 2.05) is 103 Å². The van der Waals surface area contributed by atoms with Gasteiger partial charge >= 0.3 is 0 Å². The molecule has 0 aliphatic carbocycles. The molecule has 0 atom stereocenters. The number of hydrogen-bond donors (Lipinski definition) is 6. The van der Waals surface area contributed by atoms with Crippen molar-refractivity contribution < 1.29 is 39.2 Å². The average molecular weight is 989 g/mol. The molecule has 0 aliphatic rings. The van der Waals surface area contributed by atoms with Crippen LogP contribution in [0.1, 0.15) is 22.3 Å². The van der Waals surface area contributed by atoms with Crippen molar-refractivity contribution in [2.75, 3.05) is 46.6 Å². The lowest BCUT2D eigenvalue weighted by atomic mass is 10.0. The number of hydrogen-bond acceptors (Lipinski definition) is 12. The summed E-state index contributed by atoms with van der Waals surface area (Å²) in [7, 11) is 0. The Kier molecular flexibility index (Phi) is 18.7. The number of para-hydroxylation sites is 3. The lowest BCUT2D eigenvalue weighted by Crippen LogP contribution is -2.37. The molecule has 0 unspecified atom stereocenters. The first-order valence-electron chi connectivity index (χ1n) is 23.4. The largest absolute Gasteiger partial charge is 0.355 e. The molecule has 74 heavy (non-hydrogen) atoms. The molecule has 0 saturated heterocycles. The highest BCUT2D eigenvalue weighted by Gasteiger charge is 2.19. The van der Waals surface area contributed by atoms with Crippen LogP contribution in [0.25, 0.3) is 34.0 Å². The number of hydroxylamine groups is 2. The molecule has 6 N–H and O–H groups in total. The molecular formula is C58H52N8O8. The molecule has 0 aliphatic heterocycles. The minimum Gasteiger partial charge on any atom is -0.355 e. The molecular weight excluding hydrogens is 937 g/mol. The lowest BCUT2D eigenvalue weighted by molar-refractivity contribution is -0.124. The van der Waals surface area contributed by atoms with Crippen LogP contribution in [-0.4, -0.2) is 81.8 Å². The highest BCUT2D eigenvalue weighted by atomic mass is 16.5. The van der Waals surface area contributed by atoms with Crippen molar-refractivity contribution in [3.8, 4) is 0 Å². The summed E-state index contributed by atoms with van der Waals surface area (Å²) >= 11 is 0. The molecule has 16 nitrogen and oxygen atoms in total. The summed E-state index contributed by atoms with van der Waals surface area (Å²) in [6.45, 7) is -0.0197. The van der Waals surface area contributed by atoms with Gasteiger partial charge in [0.1, 0.15) is 0 Å². The number of rotatable bonds is 20. The fourth-order valence-electron chi connectivity index (χ4n) is 7.83. The van der Waals surface area contributed by atoms with E-state index in [1.54, 1.807) is 107 Å². The second kappa shape index (κ2) is 26.5. The topological polar surface area (TPSA) is 223 Å². The van der Waals surface area contributed by atoms with Gasteiger partial charge in [-0.3, -0.25) is 49.1 Å². The molecule has 0 radical (unpaired) electrons. The van der Waals surface area contributed by atoms with E-state index in [2.05, 4.69) is 20.6 Å². The van der Waals surface area contributed by atoms with Gasteiger partial charge in [-0.2, -0.15) is 0 Å². The van der Waals surface area contributed by atoms with Crippen LogP contribution in [-0.2, 0) is 41.6 Å². The first kappa shape index (κ1) is 52.2. The van der Waals surface area contributed by atoms with Crippen LogP contribution in [0.5, 0.6) is 0 Å². The Bertz CT molecular complexity index is 3120. The predicted molar refractivity (Wildman–Crippen MR) is 286 cm³/mol. The van der Waals surface area contributed by atoms with Gasteiger partial charge in [0.25, 0.3) is 11.8 Å². The number of benzene rings is 6. The second-order valence-electron chi connectivity index (χ2n) is 16.8. The molecule has 2 heterocycles. The van der Waals surface area contributed by atoms with Gasteiger partial charge in [-0.15, -0.1) is 0 Å². The predicted octanol–water partition coefficient (Wildman–Crippen LogP) is 8.02. The fourth-order valence-corrected chi connectivity index (χ4v) is 7.83. The van der Waals surface area contributed by atoms with Crippen LogP contribution < -0.4 is 31.4 Å². The Morgan fingerprint density at radius 2 is 0.932 bits per heavy atom. The van der Waals surface area contributed by atoms with Crippen LogP contribution in [0.3, 0.4) is 0 Å². The van der Waals surface area contributed by atoms with Crippen molar-refractivity contribution in [1.29, 1.82) is 0 Å². The highest BCUT2D eigenvalue weighted by Crippen LogP contribution is 2.23. The normalized spacial score (nSPS) is 10.8. The maximum atomic E-state index is 13.3. The molecule has 372 valence electrons. The molecule has 8 rings (SSSR count). The van der Waals surface area contributed by atoms with E-state index in [0.29, 0.717) is 33.8 Å². The van der Waals surface area contributed by atoms with Crippen LogP contribution in [0.15, 0.2) is 194 Å². The maximum absolute atomic E-state index is 13.3. The lowest BCUT2D eigenvalue weighted by Gasteiger charge is -2.24. The van der Waals surface area contributed by atoms with Crippen molar-refractivity contribution in [3.05, 3.63) is 217 Å². The molecule has 8 aromatic rings. The minimum absolute atomic E-state index is 0.00245. The zero-order valence-corrected chi connectivity index (χ0v) is 40.0. The zero-order chi connectivity index (χ0) is 52.1. The van der Waals surface area contributed by atoms with Crippen molar-refractivity contribution in [3.63, 3.8) is 0 Å². The maximum Gasteiger partial charge on any atom is 0.267 e. The number of aromatic nitrogens is 2. The number of nitrogens with one attached hydrogen (secondary N) is 4. The fraction of sp³-hybridized carbons (Fsp3) is 0.103. The number of carbonyl (C=O) groups excluding carboxylic acids is 6. The van der Waals surface area contributed by atoms with Crippen LogP contribution >= 0.6 is 0 Å². The average Bonchev–Trinajstić information content (AvgIpc) is 3.42. The van der Waals surface area contributed by atoms with E-state index in [1.165, 1.54) is 17.6 Å². The smallest absolute Gasteiger partial charge is 0.267 e. The summed E-state index contributed by atoms with van der Waals surface area (Å²) in [5.41, 5.74) is 10.3. The van der Waals surface area contributed by atoms with Crippen molar-refractivity contribution in [2.45, 2.75) is 12.8 Å². The number of carbonyl (C=O) groups is 6. The highest BCUT2D eigenvalue weighted by molar-refractivity contribution is 6.03. The van der Waals surface area contributed by atoms with E-state index in [9.17, 15) is 28.8 Å². The molecule has 16 heteroatoms. The Labute approximate surface area is 426 Å². The van der Waals surface area contributed by atoms with E-state index in [4.69, 9.17) is 10.4 Å². The number of fused-ring (bicyclic) bond motifs is 2. The van der Waals surface area contributed by atoms with Gasteiger partial charge in [0.2, 0.25) is 11.8 Å². The van der Waals surface area contributed by atoms with E-state index in [0.717, 1.165) is 33.0 Å². The summed E-state index contributed by atoms with van der Waals surface area (Å²) in [6.07, 6.45) is 9.29. The molecule has 0 spiro atoms. The van der Waals surface area contributed by atoms with Gasteiger partial charge in [0.15, 0.2) is 11.6 Å². The van der Waals surface area contributed by atoms with Crippen molar-refractivity contribution >= 4 is 91.9 Å². The summed E-state index contributed by atoms with van der Waals surface area (Å²) in [4.78, 5) is 86.8. The summed E-state index contributed by atoms with van der Waals surface area (Å²) in [5, 5.41) is 24.9. The number of nitrogens with zero attached hydrogens (tertiary/aromatic N) is 4. The Morgan fingerprint density at radius 3 is 1.49 bits per heavy atom. The number of anilines is 4. The molecule has 0 bridgehead atoms. The summed E-state index contributed by atoms with van der Waals surface area (Å²) < 4.78 is 0. The van der Waals surface area contributed by atoms with E-state index in [-0.39, 0.29) is 62.4 Å². The third-order valence-corrected chi connectivity index (χ3v) is 11.3. The summed E-state index contributed by atoms with van der Waals surface area (Å²) in [6, 6.07) is 51.6. The van der Waals surface area contributed by atoms with Gasteiger partial charge < -0.3 is 20.4 Å². The third-order valence-electron chi connectivity index (χ3n) is 11.3. The molecule has 0 fully saturated rings. The molecule has 4 amide bonds. The van der Waals surface area contributed by atoms with Crippen LogP contribution in [0, 0.1) is 0 Å². The SMILES string of the molecule is O=C(Cc1cccc2cccnc12)CN(CC(=O)Nc1cccc2cccnc12)c1ccc(/C=C/C(=O)NO)cc1.O=C(Cc1ccccc1)CN(CC(=O)Nc1ccccc1)c1ccc(/C=C/C(=O)NO)cc1. The molecule has 2 aromatic heterocycles. The first-order chi connectivity index (χ1) is 36.0. The van der Waals surface area contributed by atoms with Crippen molar-refractivity contribution in [1.82, 2.24) is 20.9 Å². The van der Waals surface area contributed by atoms with Gasteiger partial charge in [-0.05, 0) is 89.0 Å². The second-order valence-corrected chi connectivity index (χ2v) is 16.8. The minimum atomic E-state index is -0.649. The van der Waals surface area contributed by atoms with Crippen LogP contribution in [0.2, 0.25) is 0 Å². The standard InChI is InChI=1S/C32H27N5O4.C26H25N3O4/c38-27(19-25-7-1-5-23-8-3-17-33-31(23)25)20-37(26-14-11-22(12-15-26)13-16-29(39)36-41)21-30(40)35-28-10-2-6-24-9-4-18-34-32(24)28;30-24(17-21-7-3-1-4-8-21)18-29(19-26(32)27-22-9-5-2-6-10-22)23-14-11-20(12-15-23)13-16-25(31)28-33/h1-18,41H,19-21H2,(H,35,40)(H,36,39);1-16,33H,17-19H2,(H,27,32)(H,28,31)/b2*16-13+. The van der Waals surface area contributed by atoms with Crippen molar-refractivity contribution in [2.24, 2.45) is 0 Å². The Morgan fingerprint density at radius 1 is 0.459 bits per heavy atom. The Balaban J connectivity index is 0.000000222. The summed E-state index contributed by atoms with van der Waals surface area (Å²) in [5.74, 6) is -1.92. The van der Waals surface area contributed by atoms with Gasteiger partial charge in [0.05, 0.1) is 42.9 Å². The zero-order valence-electron chi connectivity index (χ0n) is 40.0. The van der Waals surface area contributed by atoms with Crippen LogP contribution in [0.4, 0.5) is 22.7 Å². The Hall–Kier alpha value is -9.64. The van der Waals surface area contributed by atoms with E-state index >= 15 is 0 Å². The third kappa shape index (κ3) is 15.7. The quantitative estimate of drug-likeness (QED) is 0.0243. The molecule has 0 saturated carbocycles. The number of amides is 4. The number of Topliss-reactive ketones (excluding diaryl/α,β-unsaturated/α-hetero) is 2. The van der Waals surface area contributed by atoms with Gasteiger partial charge in [0, 0.05) is 65.2 Å². The van der Waals surface area contributed by atoms with Gasteiger partial charge in [-0.25, -0.2) is 11.0 Å². The van der Waals surface area contributed by atoms with E-state index < -0.39 is 11.8 Å². The number of ketones is 2. The van der Waals surface area contributed by atoms with Gasteiger partial charge in [-0.1, -0.05) is 115 Å².